The number of nitrogens with one attached hydrogen (secondary N) is 1. The van der Waals surface area contributed by atoms with Crippen LogP contribution in [0.4, 0.5) is 0 Å². The second kappa shape index (κ2) is 7.82. The number of sulfonamides is 1. The molecule has 0 radical (unpaired) electrons. The van der Waals surface area contributed by atoms with Crippen molar-refractivity contribution >= 4 is 15.9 Å². The van der Waals surface area contributed by atoms with Gasteiger partial charge in [-0.3, -0.25) is 4.79 Å². The molecule has 2 fully saturated rings. The van der Waals surface area contributed by atoms with Gasteiger partial charge in [0.1, 0.15) is 0 Å². The van der Waals surface area contributed by atoms with Gasteiger partial charge in [-0.15, -0.1) is 0 Å². The van der Waals surface area contributed by atoms with Crippen LogP contribution in [-0.4, -0.2) is 64.8 Å². The van der Waals surface area contributed by atoms with Crippen LogP contribution in [-0.2, 0) is 19.5 Å². The topological polar surface area (TPSA) is 84.9 Å². The average molecular weight is 368 g/mol. The van der Waals surface area contributed by atoms with Crippen LogP contribution in [0.2, 0.25) is 0 Å². The fourth-order valence-electron chi connectivity index (χ4n) is 2.86. The second-order valence-electron chi connectivity index (χ2n) is 6.53. The maximum atomic E-state index is 12.6. The highest BCUT2D eigenvalue weighted by atomic mass is 32.2. The van der Waals surface area contributed by atoms with Gasteiger partial charge in [-0.1, -0.05) is 12.5 Å². The molecule has 1 atom stereocenters. The average Bonchev–Trinajstić information content (AvgIpc) is 2.58. The van der Waals surface area contributed by atoms with Crippen LogP contribution in [0.25, 0.3) is 0 Å². The molecule has 25 heavy (non-hydrogen) atoms. The summed E-state index contributed by atoms with van der Waals surface area (Å²) >= 11 is 0. The molecule has 3 rings (SSSR count). The molecule has 7 nitrogen and oxygen atoms in total. The monoisotopic (exact) mass is 368 g/mol. The van der Waals surface area contributed by atoms with Gasteiger partial charge < -0.3 is 14.4 Å². The summed E-state index contributed by atoms with van der Waals surface area (Å²) in [5, 5.41) is 0. The Hall–Kier alpha value is -1.48. The summed E-state index contributed by atoms with van der Waals surface area (Å²) < 4.78 is 38.4. The van der Waals surface area contributed by atoms with Crippen LogP contribution in [0.3, 0.4) is 0 Å². The summed E-state index contributed by atoms with van der Waals surface area (Å²) in [4.78, 5) is 14.3. The van der Waals surface area contributed by atoms with E-state index in [-0.39, 0.29) is 22.9 Å². The number of nitrogens with zero attached hydrogens (tertiary/aromatic N) is 1. The van der Waals surface area contributed by atoms with E-state index in [0.29, 0.717) is 31.9 Å². The molecule has 0 unspecified atom stereocenters. The van der Waals surface area contributed by atoms with E-state index in [0.717, 1.165) is 19.3 Å². The first-order valence-corrected chi connectivity index (χ1v) is 10.0. The number of hydrogen-bond donors (Lipinski definition) is 1. The lowest BCUT2D eigenvalue weighted by Crippen LogP contribution is -2.41. The number of likely N-dealkylation sites (N-methyl/N-ethyl adjacent to an activating group) is 1. The minimum Gasteiger partial charge on any atom is -0.376 e. The summed E-state index contributed by atoms with van der Waals surface area (Å²) in [5.41, 5.74) is 0.343. The summed E-state index contributed by atoms with van der Waals surface area (Å²) in [5.74, 6) is -0.241. The summed E-state index contributed by atoms with van der Waals surface area (Å²) in [6.07, 6.45) is 2.62. The van der Waals surface area contributed by atoms with Crippen molar-refractivity contribution in [1.82, 2.24) is 9.62 Å². The van der Waals surface area contributed by atoms with Gasteiger partial charge in [0.25, 0.3) is 5.91 Å². The van der Waals surface area contributed by atoms with Crippen LogP contribution in [0.5, 0.6) is 0 Å². The SMILES string of the molecule is CN(C[C@H]1COCCO1)C(=O)c1cccc(S(=O)(=O)NC2CCC2)c1. The maximum absolute atomic E-state index is 12.6. The Morgan fingerprint density at radius 3 is 2.76 bits per heavy atom. The summed E-state index contributed by atoms with van der Waals surface area (Å²) in [7, 11) is -1.92. The van der Waals surface area contributed by atoms with E-state index < -0.39 is 10.0 Å². The minimum atomic E-state index is -3.59. The first-order valence-electron chi connectivity index (χ1n) is 8.53. The largest absolute Gasteiger partial charge is 0.376 e. The number of rotatable bonds is 6. The molecule has 1 heterocycles. The second-order valence-corrected chi connectivity index (χ2v) is 8.24. The lowest BCUT2D eigenvalue weighted by atomic mass is 9.94. The molecule has 0 spiro atoms. The Kier molecular flexibility index (Phi) is 5.73. The fraction of sp³-hybridized carbons (Fsp3) is 0.588. The lowest BCUT2D eigenvalue weighted by Gasteiger charge is -2.28. The van der Waals surface area contributed by atoms with E-state index in [2.05, 4.69) is 4.72 Å². The number of ether oxygens (including phenoxy) is 2. The van der Waals surface area contributed by atoms with Crippen molar-refractivity contribution in [3.05, 3.63) is 29.8 Å². The molecule has 1 saturated carbocycles. The third kappa shape index (κ3) is 4.58. The third-order valence-corrected chi connectivity index (χ3v) is 6.05. The van der Waals surface area contributed by atoms with Crippen molar-refractivity contribution in [2.75, 3.05) is 33.4 Å². The predicted molar refractivity (Wildman–Crippen MR) is 91.9 cm³/mol. The predicted octanol–water partition coefficient (Wildman–Crippen LogP) is 1.00. The van der Waals surface area contributed by atoms with E-state index in [1.165, 1.54) is 17.0 Å². The van der Waals surface area contributed by atoms with Crippen LogP contribution >= 0.6 is 0 Å². The van der Waals surface area contributed by atoms with Crippen molar-refractivity contribution in [3.8, 4) is 0 Å². The number of amides is 1. The quantitative estimate of drug-likeness (QED) is 0.810. The number of hydrogen-bond acceptors (Lipinski definition) is 5. The smallest absolute Gasteiger partial charge is 0.253 e. The Morgan fingerprint density at radius 1 is 1.32 bits per heavy atom. The van der Waals surface area contributed by atoms with Gasteiger partial charge in [-0.05, 0) is 31.0 Å². The van der Waals surface area contributed by atoms with Crippen molar-refractivity contribution < 1.29 is 22.7 Å². The van der Waals surface area contributed by atoms with Gasteiger partial charge in [-0.25, -0.2) is 13.1 Å². The van der Waals surface area contributed by atoms with Crippen molar-refractivity contribution in [2.24, 2.45) is 0 Å². The maximum Gasteiger partial charge on any atom is 0.253 e. The summed E-state index contributed by atoms with van der Waals surface area (Å²) in [6.45, 7) is 1.95. The van der Waals surface area contributed by atoms with Gasteiger partial charge in [0.2, 0.25) is 10.0 Å². The fourth-order valence-corrected chi connectivity index (χ4v) is 4.21. The zero-order valence-electron chi connectivity index (χ0n) is 14.3. The molecule has 1 saturated heterocycles. The van der Waals surface area contributed by atoms with Crippen molar-refractivity contribution in [2.45, 2.75) is 36.3 Å². The van der Waals surface area contributed by atoms with E-state index in [1.807, 2.05) is 0 Å². The first kappa shape index (κ1) is 18.3. The number of benzene rings is 1. The highest BCUT2D eigenvalue weighted by molar-refractivity contribution is 7.89. The van der Waals surface area contributed by atoms with Gasteiger partial charge in [0, 0.05) is 25.2 Å². The standard InChI is InChI=1S/C17H24N2O5S/c1-19(11-15-12-23-8-9-24-15)17(20)13-4-2-7-16(10-13)25(21,22)18-14-5-3-6-14/h2,4,7,10,14-15,18H,3,5-6,8-9,11-12H2,1H3/t15-/m0/s1. The van der Waals surface area contributed by atoms with Crippen LogP contribution in [0.15, 0.2) is 29.2 Å². The Morgan fingerprint density at radius 2 is 2.12 bits per heavy atom. The van der Waals surface area contributed by atoms with Crippen molar-refractivity contribution in [1.29, 1.82) is 0 Å². The molecule has 2 aliphatic rings. The van der Waals surface area contributed by atoms with Gasteiger partial charge in [0.05, 0.1) is 30.8 Å². The Labute approximate surface area is 148 Å². The lowest BCUT2D eigenvalue weighted by molar-refractivity contribution is -0.0933. The van der Waals surface area contributed by atoms with Crippen LogP contribution < -0.4 is 4.72 Å². The summed E-state index contributed by atoms with van der Waals surface area (Å²) in [6, 6.07) is 6.17. The molecular formula is C17H24N2O5S. The zero-order valence-corrected chi connectivity index (χ0v) is 15.1. The van der Waals surface area contributed by atoms with E-state index in [1.54, 1.807) is 19.2 Å². The van der Waals surface area contributed by atoms with Crippen LogP contribution in [0.1, 0.15) is 29.6 Å². The van der Waals surface area contributed by atoms with E-state index >= 15 is 0 Å². The van der Waals surface area contributed by atoms with Gasteiger partial charge in [-0.2, -0.15) is 0 Å². The van der Waals surface area contributed by atoms with Crippen molar-refractivity contribution in [3.63, 3.8) is 0 Å². The van der Waals surface area contributed by atoms with Crippen LogP contribution in [0, 0.1) is 0 Å². The molecule has 0 bridgehead atoms. The molecule has 0 aromatic heterocycles. The highest BCUT2D eigenvalue weighted by Crippen LogP contribution is 2.21. The normalized spacial score (nSPS) is 21.6. The van der Waals surface area contributed by atoms with E-state index in [9.17, 15) is 13.2 Å². The minimum absolute atomic E-state index is 0.00971. The molecule has 8 heteroatoms. The Bertz CT molecular complexity index is 712. The number of carbonyl (C=O) groups is 1. The zero-order chi connectivity index (χ0) is 17.9. The molecule has 1 aliphatic carbocycles. The van der Waals surface area contributed by atoms with E-state index in [4.69, 9.17) is 9.47 Å². The molecule has 1 amide bonds. The molecule has 1 aromatic rings. The number of carbonyl (C=O) groups excluding carboxylic acids is 1. The highest BCUT2D eigenvalue weighted by Gasteiger charge is 2.26. The Balaban J connectivity index is 1.68. The first-order chi connectivity index (χ1) is 12.0. The third-order valence-electron chi connectivity index (χ3n) is 4.53. The molecule has 1 aromatic carbocycles. The van der Waals surface area contributed by atoms with Gasteiger partial charge in [0.15, 0.2) is 0 Å². The molecule has 138 valence electrons. The van der Waals surface area contributed by atoms with Gasteiger partial charge >= 0.3 is 0 Å². The molecule has 1 aliphatic heterocycles. The molecule has 1 N–H and O–H groups in total. The molecular weight excluding hydrogens is 344 g/mol.